The highest BCUT2D eigenvalue weighted by atomic mass is 32.2. The summed E-state index contributed by atoms with van der Waals surface area (Å²) in [7, 11) is 0. The van der Waals surface area contributed by atoms with E-state index in [4.69, 9.17) is 0 Å². The van der Waals surface area contributed by atoms with Crippen molar-refractivity contribution >= 4 is 35.9 Å². The lowest BCUT2D eigenvalue weighted by molar-refractivity contribution is -0.116. The zero-order chi connectivity index (χ0) is 22.6. The zero-order valence-electron chi connectivity index (χ0n) is 18.4. The number of nitrogens with zero attached hydrogens (tertiary/aromatic N) is 1. The van der Waals surface area contributed by atoms with E-state index in [0.29, 0.717) is 0 Å². The lowest BCUT2D eigenvalue weighted by atomic mass is 9.80. The number of aliphatic imine (C=N–C) groups is 1. The largest absolute Gasteiger partial charge is 0.294 e. The number of allylic oxidation sites excluding steroid dienone is 1. The summed E-state index contributed by atoms with van der Waals surface area (Å²) in [6, 6.07) is 21.1. The molecule has 3 heteroatoms. The fraction of sp³-hybridized carbons (Fsp3) is 0.133. The molecule has 0 saturated heterocycles. The molecule has 3 aromatic rings. The van der Waals surface area contributed by atoms with Gasteiger partial charge in [-0.25, -0.2) is 0 Å². The minimum atomic E-state index is -0.0221. The van der Waals surface area contributed by atoms with Crippen LogP contribution in [-0.4, -0.2) is 12.0 Å². The maximum absolute atomic E-state index is 12.3. The Hall–Kier alpha value is -3.43. The molecule has 6 rings (SSSR count). The van der Waals surface area contributed by atoms with Crippen LogP contribution in [-0.2, 0) is 11.2 Å². The van der Waals surface area contributed by atoms with Gasteiger partial charge in [-0.1, -0.05) is 85.1 Å². The SMILES string of the molecule is C1=CSc2ccccc2C=N1.C=CC(=O)C1CCC=c2ccc3c(c21)CC=c1ccccc1=3. The van der Waals surface area contributed by atoms with Crippen molar-refractivity contribution in [1.82, 2.24) is 0 Å². The molecule has 1 unspecified atom stereocenters. The van der Waals surface area contributed by atoms with E-state index in [9.17, 15) is 4.79 Å². The molecule has 2 aliphatic carbocycles. The third kappa shape index (κ3) is 4.29. The van der Waals surface area contributed by atoms with Gasteiger partial charge in [-0.2, -0.15) is 0 Å². The molecule has 3 aliphatic rings. The number of thioether (sulfide) groups is 1. The maximum Gasteiger partial charge on any atom is 0.162 e. The van der Waals surface area contributed by atoms with Crippen LogP contribution in [0.3, 0.4) is 0 Å². The predicted octanol–water partition coefficient (Wildman–Crippen LogP) is 5.41. The number of benzene rings is 3. The minimum Gasteiger partial charge on any atom is -0.294 e. The second-order valence-electron chi connectivity index (χ2n) is 8.25. The molecule has 0 saturated carbocycles. The molecule has 0 fully saturated rings. The normalized spacial score (nSPS) is 16.8. The van der Waals surface area contributed by atoms with E-state index in [0.717, 1.165) is 19.3 Å². The van der Waals surface area contributed by atoms with Crippen LogP contribution >= 0.6 is 11.8 Å². The average Bonchev–Trinajstić information content (AvgIpc) is 3.13. The molecular weight excluding hydrogens is 422 g/mol. The van der Waals surface area contributed by atoms with E-state index in [2.05, 4.69) is 72.3 Å². The fourth-order valence-corrected chi connectivity index (χ4v) is 5.50. The Morgan fingerprint density at radius 1 is 0.970 bits per heavy atom. The second kappa shape index (κ2) is 9.60. The number of carbonyl (C=O) groups is 1. The second-order valence-corrected chi connectivity index (χ2v) is 9.20. The fourth-order valence-electron chi connectivity index (χ4n) is 4.81. The van der Waals surface area contributed by atoms with E-state index < -0.39 is 0 Å². The van der Waals surface area contributed by atoms with Crippen LogP contribution in [0.2, 0.25) is 0 Å². The highest BCUT2D eigenvalue weighted by Gasteiger charge is 2.24. The van der Waals surface area contributed by atoms with Gasteiger partial charge in [-0.15, -0.1) is 0 Å². The van der Waals surface area contributed by atoms with Gasteiger partial charge in [-0.3, -0.25) is 9.79 Å². The summed E-state index contributed by atoms with van der Waals surface area (Å²) in [6.45, 7) is 3.69. The zero-order valence-corrected chi connectivity index (χ0v) is 19.2. The molecule has 0 radical (unpaired) electrons. The van der Waals surface area contributed by atoms with Crippen molar-refractivity contribution in [3.63, 3.8) is 0 Å². The summed E-state index contributed by atoms with van der Waals surface area (Å²) >= 11 is 1.70. The van der Waals surface area contributed by atoms with Crippen molar-refractivity contribution in [2.45, 2.75) is 30.1 Å². The first-order chi connectivity index (χ1) is 16.3. The summed E-state index contributed by atoms with van der Waals surface area (Å²) in [5.41, 5.74) is 3.76. The first-order valence-corrected chi connectivity index (χ1v) is 12.2. The Labute approximate surface area is 198 Å². The molecule has 3 aromatic carbocycles. The van der Waals surface area contributed by atoms with Crippen LogP contribution in [0.1, 0.15) is 35.4 Å². The Balaban J connectivity index is 0.000000174. The average molecular weight is 448 g/mol. The number of carbonyl (C=O) groups excluding carboxylic acids is 1. The molecule has 33 heavy (non-hydrogen) atoms. The van der Waals surface area contributed by atoms with Crippen LogP contribution < -0.4 is 10.4 Å². The number of fused-ring (bicyclic) bond motifs is 5. The van der Waals surface area contributed by atoms with E-state index in [1.807, 2.05) is 30.0 Å². The van der Waals surface area contributed by atoms with Gasteiger partial charge < -0.3 is 0 Å². The molecule has 1 atom stereocenters. The molecule has 0 N–H and O–H groups in total. The van der Waals surface area contributed by atoms with Crippen LogP contribution in [0, 0.1) is 10.4 Å². The molecule has 0 bridgehead atoms. The first-order valence-electron chi connectivity index (χ1n) is 11.3. The van der Waals surface area contributed by atoms with Crippen molar-refractivity contribution < 1.29 is 4.79 Å². The van der Waals surface area contributed by atoms with Crippen molar-refractivity contribution in [2.75, 3.05) is 0 Å². The monoisotopic (exact) mass is 447 g/mol. The van der Waals surface area contributed by atoms with Gasteiger partial charge in [0.2, 0.25) is 0 Å². The molecule has 0 spiro atoms. The van der Waals surface area contributed by atoms with Gasteiger partial charge in [0.05, 0.1) is 0 Å². The summed E-state index contributed by atoms with van der Waals surface area (Å²) in [6.07, 6.45) is 12.5. The molecule has 1 aliphatic heterocycles. The number of rotatable bonds is 2. The predicted molar refractivity (Wildman–Crippen MR) is 139 cm³/mol. The van der Waals surface area contributed by atoms with Crippen LogP contribution in [0.15, 0.2) is 94.8 Å². The van der Waals surface area contributed by atoms with E-state index in [-0.39, 0.29) is 11.7 Å². The van der Waals surface area contributed by atoms with Gasteiger partial charge in [0, 0.05) is 28.8 Å². The van der Waals surface area contributed by atoms with Gasteiger partial charge in [0.1, 0.15) is 0 Å². The highest BCUT2D eigenvalue weighted by Crippen LogP contribution is 2.29. The topological polar surface area (TPSA) is 29.4 Å². The summed E-state index contributed by atoms with van der Waals surface area (Å²) in [5, 5.41) is 7.08. The minimum absolute atomic E-state index is 0.0221. The lowest BCUT2D eigenvalue weighted by Crippen LogP contribution is -2.26. The van der Waals surface area contributed by atoms with Crippen molar-refractivity contribution in [3.8, 4) is 0 Å². The van der Waals surface area contributed by atoms with Gasteiger partial charge >= 0.3 is 0 Å². The third-order valence-corrected chi connectivity index (χ3v) is 7.24. The van der Waals surface area contributed by atoms with E-state index in [1.165, 1.54) is 48.5 Å². The van der Waals surface area contributed by atoms with Gasteiger partial charge in [-0.05, 0) is 68.8 Å². The molecule has 0 aromatic heterocycles. The van der Waals surface area contributed by atoms with E-state index >= 15 is 0 Å². The van der Waals surface area contributed by atoms with Crippen LogP contribution in [0.25, 0.3) is 12.2 Å². The molecule has 162 valence electrons. The Morgan fingerprint density at radius 2 is 1.82 bits per heavy atom. The molecule has 0 amide bonds. The van der Waals surface area contributed by atoms with Gasteiger partial charge in [0.15, 0.2) is 5.78 Å². The summed E-state index contributed by atoms with van der Waals surface area (Å²) < 4.78 is 0. The summed E-state index contributed by atoms with van der Waals surface area (Å²) in [5.74, 6) is 0.132. The number of hydrogen-bond acceptors (Lipinski definition) is 3. The third-order valence-electron chi connectivity index (χ3n) is 6.36. The molecule has 1 heterocycles. The standard InChI is InChI=1S/C21H18O.C9H7NS/c1-2-20(22)19-9-5-7-15-11-12-17-16-8-4-3-6-14(16)10-13-18(17)21(15)19;1-2-4-9-8(3-1)7-10-5-6-11-9/h2-4,6-8,10-12,19H,1,5,9,13H2;1-7H. The molecule has 2 nitrogen and oxygen atoms in total. The van der Waals surface area contributed by atoms with Crippen molar-refractivity contribution in [2.24, 2.45) is 4.99 Å². The smallest absolute Gasteiger partial charge is 0.162 e. The first kappa shape index (κ1) is 21.4. The van der Waals surface area contributed by atoms with Gasteiger partial charge in [0.25, 0.3) is 0 Å². The molecular formula is C30H25NOS. The van der Waals surface area contributed by atoms with Crippen LogP contribution in [0.4, 0.5) is 0 Å². The highest BCUT2D eigenvalue weighted by molar-refractivity contribution is 8.02. The van der Waals surface area contributed by atoms with E-state index in [1.54, 1.807) is 11.8 Å². The quantitative estimate of drug-likeness (QED) is 0.492. The van der Waals surface area contributed by atoms with Crippen molar-refractivity contribution in [3.05, 3.63) is 122 Å². The Bertz CT molecular complexity index is 1510. The van der Waals surface area contributed by atoms with Crippen molar-refractivity contribution in [1.29, 1.82) is 0 Å². The summed E-state index contributed by atoms with van der Waals surface area (Å²) in [4.78, 5) is 17.7. The lowest BCUT2D eigenvalue weighted by Gasteiger charge is -2.23. The van der Waals surface area contributed by atoms with Crippen LogP contribution in [0.5, 0.6) is 0 Å². The Morgan fingerprint density at radius 3 is 2.73 bits per heavy atom. The number of ketones is 1. The maximum atomic E-state index is 12.3. The number of hydrogen-bond donors (Lipinski definition) is 0. The Kier molecular flexibility index (Phi) is 6.23.